The van der Waals surface area contributed by atoms with E-state index in [0.717, 1.165) is 28.2 Å². The van der Waals surface area contributed by atoms with E-state index < -0.39 is 5.82 Å². The molecule has 10 heteroatoms. The second-order valence-electron chi connectivity index (χ2n) is 7.89. The Labute approximate surface area is 201 Å². The predicted molar refractivity (Wildman–Crippen MR) is 129 cm³/mol. The second kappa shape index (κ2) is 9.82. The molecule has 4 aromatic rings. The van der Waals surface area contributed by atoms with Gasteiger partial charge in [-0.3, -0.25) is 9.48 Å². The third-order valence-electron chi connectivity index (χ3n) is 5.84. The first-order valence-electron chi connectivity index (χ1n) is 10.9. The van der Waals surface area contributed by atoms with Crippen molar-refractivity contribution in [1.82, 2.24) is 24.5 Å². The van der Waals surface area contributed by atoms with Crippen LogP contribution in [0.3, 0.4) is 0 Å². The van der Waals surface area contributed by atoms with Gasteiger partial charge >= 0.3 is 0 Å². The van der Waals surface area contributed by atoms with Crippen LogP contribution in [-0.2, 0) is 19.9 Å². The first-order valence-corrected chi connectivity index (χ1v) is 11.2. The fraction of sp³-hybridized carbons (Fsp3) is 0.292. The number of nitrogens with two attached hydrogens (primary N) is 1. The number of hydrogen-bond acceptors (Lipinski definition) is 5. The molecule has 0 atom stereocenters. The zero-order chi connectivity index (χ0) is 24.4. The molecule has 3 N–H and O–H groups in total. The number of aryl methyl sites for hydroxylation is 1. The van der Waals surface area contributed by atoms with Crippen molar-refractivity contribution in [2.24, 2.45) is 12.8 Å². The van der Waals surface area contributed by atoms with Crippen LogP contribution in [0, 0.1) is 12.7 Å². The highest BCUT2D eigenvalue weighted by atomic mass is 35.5. The van der Waals surface area contributed by atoms with Gasteiger partial charge in [-0.1, -0.05) is 11.6 Å². The molecule has 0 unspecified atom stereocenters. The maximum Gasteiger partial charge on any atom is 0.271 e. The summed E-state index contributed by atoms with van der Waals surface area (Å²) in [6, 6.07) is 6.96. The number of fused-ring (bicyclic) bond motifs is 1. The lowest BCUT2D eigenvalue weighted by Crippen LogP contribution is -2.20. The summed E-state index contributed by atoms with van der Waals surface area (Å²) >= 11 is 6.08. The number of pyridine rings is 1. The Morgan fingerprint density at radius 1 is 1.26 bits per heavy atom. The van der Waals surface area contributed by atoms with Crippen LogP contribution in [0.5, 0.6) is 5.75 Å². The molecule has 178 valence electrons. The van der Waals surface area contributed by atoms with Gasteiger partial charge in [0.15, 0.2) is 17.3 Å². The molecule has 4 rings (SSSR count). The van der Waals surface area contributed by atoms with E-state index in [-0.39, 0.29) is 23.3 Å². The minimum absolute atomic E-state index is 0.0325. The molecule has 0 aliphatic heterocycles. The molecule has 3 heterocycles. The number of ether oxygens (including phenoxy) is 1. The van der Waals surface area contributed by atoms with Crippen LogP contribution in [0.4, 0.5) is 4.39 Å². The molecule has 34 heavy (non-hydrogen) atoms. The molecule has 0 fully saturated rings. The average Bonchev–Trinajstić information content (AvgIpc) is 3.36. The Balaban J connectivity index is 1.66. The fourth-order valence-corrected chi connectivity index (χ4v) is 4.08. The Bertz CT molecular complexity index is 1360. The predicted octanol–water partition coefficient (Wildman–Crippen LogP) is 3.32. The van der Waals surface area contributed by atoms with E-state index >= 15 is 4.39 Å². The van der Waals surface area contributed by atoms with E-state index in [1.54, 1.807) is 31.0 Å². The topological polar surface area (TPSA) is 99.5 Å². The van der Waals surface area contributed by atoms with Crippen molar-refractivity contribution in [3.63, 3.8) is 0 Å². The Kier molecular flexibility index (Phi) is 6.85. The first-order chi connectivity index (χ1) is 16.3. The van der Waals surface area contributed by atoms with Crippen molar-refractivity contribution in [2.45, 2.75) is 19.8 Å². The number of amides is 1. The number of hydrogen-bond donors (Lipinski definition) is 2. The lowest BCUT2D eigenvalue weighted by molar-refractivity contribution is 0.0956. The number of nitrogens with zero attached hydrogens (tertiary/aromatic N) is 4. The van der Waals surface area contributed by atoms with Crippen molar-refractivity contribution in [3.8, 4) is 16.9 Å². The zero-order valence-electron chi connectivity index (χ0n) is 19.2. The summed E-state index contributed by atoms with van der Waals surface area (Å²) in [6.45, 7) is 2.50. The Morgan fingerprint density at radius 3 is 2.79 bits per heavy atom. The highest BCUT2D eigenvalue weighted by Crippen LogP contribution is 2.36. The van der Waals surface area contributed by atoms with Crippen molar-refractivity contribution in [2.75, 3.05) is 20.2 Å². The van der Waals surface area contributed by atoms with E-state index in [1.807, 2.05) is 29.7 Å². The van der Waals surface area contributed by atoms with Gasteiger partial charge in [-0.15, -0.1) is 0 Å². The molecular formula is C24H26ClFN6O2. The summed E-state index contributed by atoms with van der Waals surface area (Å²) in [7, 11) is 3.32. The number of halogens is 2. The Hall–Kier alpha value is -3.43. The summed E-state index contributed by atoms with van der Waals surface area (Å²) in [4.78, 5) is 16.6. The quantitative estimate of drug-likeness (QED) is 0.399. The van der Waals surface area contributed by atoms with Gasteiger partial charge in [0.1, 0.15) is 5.65 Å². The number of aromatic nitrogens is 4. The highest BCUT2D eigenvalue weighted by molar-refractivity contribution is 6.31. The van der Waals surface area contributed by atoms with E-state index in [9.17, 15) is 4.79 Å². The fourth-order valence-electron chi connectivity index (χ4n) is 3.93. The molecule has 0 saturated heterocycles. The SMILES string of the molecule is CNC(=O)c1nn(C)c(C)c1CCOc1c(-c2ccc3ncc(CCN)n3c2)ccc(Cl)c1F. The molecule has 0 spiro atoms. The van der Waals surface area contributed by atoms with Crippen molar-refractivity contribution in [1.29, 1.82) is 0 Å². The molecule has 0 aliphatic rings. The Morgan fingerprint density at radius 2 is 2.06 bits per heavy atom. The largest absolute Gasteiger partial charge is 0.489 e. The third kappa shape index (κ3) is 4.36. The van der Waals surface area contributed by atoms with Crippen molar-refractivity contribution < 1.29 is 13.9 Å². The molecule has 0 saturated carbocycles. The third-order valence-corrected chi connectivity index (χ3v) is 6.13. The number of imidazole rings is 1. The second-order valence-corrected chi connectivity index (χ2v) is 8.29. The number of nitrogens with one attached hydrogen (secondary N) is 1. The van der Waals surface area contributed by atoms with Gasteiger partial charge in [-0.25, -0.2) is 9.37 Å². The molecule has 8 nitrogen and oxygen atoms in total. The van der Waals surface area contributed by atoms with E-state index in [0.29, 0.717) is 30.6 Å². The number of carbonyl (C=O) groups is 1. The molecule has 0 bridgehead atoms. The van der Waals surface area contributed by atoms with E-state index in [2.05, 4.69) is 15.4 Å². The summed E-state index contributed by atoms with van der Waals surface area (Å²) in [5.41, 5.74) is 10.7. The zero-order valence-corrected chi connectivity index (χ0v) is 20.0. The summed E-state index contributed by atoms with van der Waals surface area (Å²) in [6.07, 6.45) is 4.71. The van der Waals surface area contributed by atoms with Gasteiger partial charge in [0.25, 0.3) is 5.91 Å². The van der Waals surface area contributed by atoms with Gasteiger partial charge in [-0.05, 0) is 37.7 Å². The van der Waals surface area contributed by atoms with Crippen LogP contribution < -0.4 is 15.8 Å². The van der Waals surface area contributed by atoms with Gasteiger partial charge in [0, 0.05) is 67.4 Å². The average molecular weight is 485 g/mol. The number of rotatable bonds is 8. The standard InChI is InChI=1S/C24H26ClFN6O2/c1-14-17(22(24(33)28-2)30-31(14)3)9-11-34-23-18(5-6-19(25)21(23)26)15-4-7-20-29-12-16(8-10-27)32(20)13-15/h4-7,12-13H,8-11,27H2,1-3H3,(H,28,33). The lowest BCUT2D eigenvalue weighted by atomic mass is 10.1. The van der Waals surface area contributed by atoms with E-state index in [4.69, 9.17) is 22.1 Å². The molecule has 1 amide bonds. The molecule has 3 aromatic heterocycles. The van der Waals surface area contributed by atoms with Crippen LogP contribution >= 0.6 is 11.6 Å². The minimum atomic E-state index is -0.637. The normalized spacial score (nSPS) is 11.2. The summed E-state index contributed by atoms with van der Waals surface area (Å²) in [5.74, 6) is -0.868. The maximum atomic E-state index is 15.1. The monoisotopic (exact) mass is 484 g/mol. The molecule has 1 aromatic carbocycles. The minimum Gasteiger partial charge on any atom is -0.489 e. The van der Waals surface area contributed by atoms with E-state index in [1.165, 1.54) is 6.07 Å². The van der Waals surface area contributed by atoms with Gasteiger partial charge in [0.05, 0.1) is 11.6 Å². The summed E-state index contributed by atoms with van der Waals surface area (Å²) < 4.78 is 24.6. The van der Waals surface area contributed by atoms with Crippen LogP contribution in [0.1, 0.15) is 27.4 Å². The van der Waals surface area contributed by atoms with Gasteiger partial charge in [0.2, 0.25) is 0 Å². The van der Waals surface area contributed by atoms with Gasteiger partial charge in [-0.2, -0.15) is 5.10 Å². The smallest absolute Gasteiger partial charge is 0.271 e. The highest BCUT2D eigenvalue weighted by Gasteiger charge is 2.20. The molecule has 0 radical (unpaired) electrons. The van der Waals surface area contributed by atoms with Crippen LogP contribution in [0.15, 0.2) is 36.7 Å². The number of benzene rings is 1. The maximum absolute atomic E-state index is 15.1. The number of carbonyl (C=O) groups excluding carboxylic acids is 1. The summed E-state index contributed by atoms with van der Waals surface area (Å²) in [5, 5.41) is 6.85. The van der Waals surface area contributed by atoms with Crippen LogP contribution in [-0.4, -0.2) is 45.3 Å². The van der Waals surface area contributed by atoms with Crippen LogP contribution in [0.2, 0.25) is 5.02 Å². The van der Waals surface area contributed by atoms with Gasteiger partial charge < -0.3 is 20.2 Å². The molecular weight excluding hydrogens is 459 g/mol. The lowest BCUT2D eigenvalue weighted by Gasteiger charge is -2.14. The van der Waals surface area contributed by atoms with Crippen molar-refractivity contribution >= 4 is 23.2 Å². The van der Waals surface area contributed by atoms with Crippen LogP contribution in [0.25, 0.3) is 16.8 Å². The first kappa shape index (κ1) is 23.7. The molecule has 0 aliphatic carbocycles. The van der Waals surface area contributed by atoms with Crippen molar-refractivity contribution in [3.05, 3.63) is 70.1 Å².